The van der Waals surface area contributed by atoms with Crippen LogP contribution in [-0.2, 0) is 18.3 Å². The first kappa shape index (κ1) is 16.0. The summed E-state index contributed by atoms with van der Waals surface area (Å²) in [6, 6.07) is 0.733. The largest absolute Gasteiger partial charge is 0.379 e. The van der Waals surface area contributed by atoms with Crippen molar-refractivity contribution in [2.45, 2.75) is 45.2 Å². The number of ether oxygens (including phenoxy) is 1. The van der Waals surface area contributed by atoms with Crippen LogP contribution in [0.5, 0.6) is 0 Å². The second kappa shape index (κ2) is 7.57. The van der Waals surface area contributed by atoms with Crippen LogP contribution in [0.4, 0.5) is 0 Å². The van der Waals surface area contributed by atoms with Gasteiger partial charge in [0.1, 0.15) is 0 Å². The number of rotatable bonds is 5. The molecule has 2 aliphatic heterocycles. The first-order valence-corrected chi connectivity index (χ1v) is 8.75. The Morgan fingerprint density at radius 2 is 2.05 bits per heavy atom. The van der Waals surface area contributed by atoms with Gasteiger partial charge in [-0.1, -0.05) is 6.42 Å². The predicted molar refractivity (Wildman–Crippen MR) is 87.9 cm³/mol. The van der Waals surface area contributed by atoms with E-state index in [0.29, 0.717) is 0 Å². The second-order valence-corrected chi connectivity index (χ2v) is 6.78. The zero-order chi connectivity index (χ0) is 15.4. The number of aryl methyl sites for hydroxylation is 2. The molecule has 0 N–H and O–H groups in total. The van der Waals surface area contributed by atoms with Crippen molar-refractivity contribution in [2.24, 2.45) is 7.05 Å². The SMILES string of the molecule is Cc1nn(C)cc1CN1CCCC[C@H]1CCN1CCOCC1. The summed E-state index contributed by atoms with van der Waals surface area (Å²) in [7, 11) is 2.02. The van der Waals surface area contributed by atoms with E-state index < -0.39 is 0 Å². The average molecular weight is 306 g/mol. The summed E-state index contributed by atoms with van der Waals surface area (Å²) in [5.41, 5.74) is 2.57. The fourth-order valence-electron chi connectivity index (χ4n) is 3.77. The van der Waals surface area contributed by atoms with E-state index in [1.165, 1.54) is 50.0 Å². The Hall–Kier alpha value is -0.910. The minimum atomic E-state index is 0.733. The van der Waals surface area contributed by atoms with Crippen molar-refractivity contribution < 1.29 is 4.74 Å². The molecule has 2 aliphatic rings. The molecule has 0 bridgehead atoms. The number of likely N-dealkylation sites (tertiary alicyclic amines) is 1. The van der Waals surface area contributed by atoms with E-state index in [0.717, 1.165) is 38.9 Å². The van der Waals surface area contributed by atoms with Crippen molar-refractivity contribution in [3.63, 3.8) is 0 Å². The van der Waals surface area contributed by atoms with Crippen molar-refractivity contribution in [2.75, 3.05) is 39.4 Å². The molecule has 0 saturated carbocycles. The van der Waals surface area contributed by atoms with Crippen molar-refractivity contribution in [1.82, 2.24) is 19.6 Å². The number of hydrogen-bond donors (Lipinski definition) is 0. The van der Waals surface area contributed by atoms with Crippen LogP contribution in [0.3, 0.4) is 0 Å². The van der Waals surface area contributed by atoms with Crippen LogP contribution in [0, 0.1) is 6.92 Å². The molecule has 0 unspecified atom stereocenters. The molecule has 0 amide bonds. The van der Waals surface area contributed by atoms with Crippen molar-refractivity contribution >= 4 is 0 Å². The molecule has 5 heteroatoms. The van der Waals surface area contributed by atoms with Gasteiger partial charge in [0.25, 0.3) is 0 Å². The van der Waals surface area contributed by atoms with Crippen LogP contribution in [-0.4, -0.2) is 65.0 Å². The topological polar surface area (TPSA) is 33.5 Å². The quantitative estimate of drug-likeness (QED) is 0.831. The Labute approximate surface area is 134 Å². The third-order valence-electron chi connectivity index (χ3n) is 5.12. The number of hydrogen-bond acceptors (Lipinski definition) is 4. The van der Waals surface area contributed by atoms with Gasteiger partial charge in [-0.15, -0.1) is 0 Å². The average Bonchev–Trinajstić information content (AvgIpc) is 2.85. The summed E-state index contributed by atoms with van der Waals surface area (Å²) >= 11 is 0. The Kier molecular flexibility index (Phi) is 5.50. The van der Waals surface area contributed by atoms with Gasteiger partial charge in [-0.3, -0.25) is 14.5 Å². The van der Waals surface area contributed by atoms with E-state index in [2.05, 4.69) is 28.0 Å². The van der Waals surface area contributed by atoms with Crippen molar-refractivity contribution in [3.05, 3.63) is 17.5 Å². The highest BCUT2D eigenvalue weighted by Gasteiger charge is 2.24. The highest BCUT2D eigenvalue weighted by molar-refractivity contribution is 5.15. The van der Waals surface area contributed by atoms with Gasteiger partial charge in [0, 0.05) is 44.5 Å². The summed E-state index contributed by atoms with van der Waals surface area (Å²) in [5.74, 6) is 0. The molecule has 0 aliphatic carbocycles. The third-order valence-corrected chi connectivity index (χ3v) is 5.12. The molecule has 1 aromatic heterocycles. The first-order chi connectivity index (χ1) is 10.7. The fourth-order valence-corrected chi connectivity index (χ4v) is 3.77. The molecule has 0 radical (unpaired) electrons. The smallest absolute Gasteiger partial charge is 0.0638 e. The molecule has 22 heavy (non-hydrogen) atoms. The number of aromatic nitrogens is 2. The van der Waals surface area contributed by atoms with E-state index >= 15 is 0 Å². The summed E-state index contributed by atoms with van der Waals surface area (Å²) in [4.78, 5) is 5.25. The van der Waals surface area contributed by atoms with Gasteiger partial charge in [-0.2, -0.15) is 5.10 Å². The molecular weight excluding hydrogens is 276 g/mol. The third kappa shape index (κ3) is 4.09. The van der Waals surface area contributed by atoms with Crippen LogP contribution >= 0.6 is 0 Å². The molecule has 5 nitrogen and oxygen atoms in total. The number of morpholine rings is 1. The maximum atomic E-state index is 5.45. The van der Waals surface area contributed by atoms with Crippen LogP contribution in [0.1, 0.15) is 36.9 Å². The van der Waals surface area contributed by atoms with Gasteiger partial charge in [-0.25, -0.2) is 0 Å². The van der Waals surface area contributed by atoms with Crippen LogP contribution < -0.4 is 0 Å². The predicted octanol–water partition coefficient (Wildman–Crippen LogP) is 1.81. The Balaban J connectivity index is 1.55. The standard InChI is InChI=1S/C17H30N4O/c1-15-16(13-19(2)18-15)14-21-7-4-3-5-17(21)6-8-20-9-11-22-12-10-20/h13,17H,3-12,14H2,1-2H3/t17-/m0/s1. The molecule has 124 valence electrons. The summed E-state index contributed by atoms with van der Waals surface area (Å²) < 4.78 is 7.39. The maximum Gasteiger partial charge on any atom is 0.0638 e. The van der Waals surface area contributed by atoms with Gasteiger partial charge in [0.05, 0.1) is 18.9 Å². The highest BCUT2D eigenvalue weighted by atomic mass is 16.5. The Morgan fingerprint density at radius 1 is 1.23 bits per heavy atom. The van der Waals surface area contributed by atoms with Crippen molar-refractivity contribution in [1.29, 1.82) is 0 Å². The van der Waals surface area contributed by atoms with Gasteiger partial charge in [-0.05, 0) is 39.3 Å². The molecule has 1 aromatic rings. The normalized spacial score (nSPS) is 24.7. The van der Waals surface area contributed by atoms with Crippen molar-refractivity contribution in [3.8, 4) is 0 Å². The molecule has 3 rings (SSSR count). The molecule has 2 fully saturated rings. The van der Waals surface area contributed by atoms with E-state index in [-0.39, 0.29) is 0 Å². The zero-order valence-corrected chi connectivity index (χ0v) is 14.1. The lowest BCUT2D eigenvalue weighted by atomic mass is 9.98. The van der Waals surface area contributed by atoms with Gasteiger partial charge in [0.2, 0.25) is 0 Å². The molecule has 1 atom stereocenters. The van der Waals surface area contributed by atoms with Gasteiger partial charge < -0.3 is 4.74 Å². The minimum Gasteiger partial charge on any atom is -0.379 e. The minimum absolute atomic E-state index is 0.733. The van der Waals surface area contributed by atoms with Gasteiger partial charge >= 0.3 is 0 Å². The fraction of sp³-hybridized carbons (Fsp3) is 0.824. The van der Waals surface area contributed by atoms with Crippen LogP contribution in [0.2, 0.25) is 0 Å². The monoisotopic (exact) mass is 306 g/mol. The van der Waals surface area contributed by atoms with E-state index in [1.807, 2.05) is 11.7 Å². The highest BCUT2D eigenvalue weighted by Crippen LogP contribution is 2.23. The van der Waals surface area contributed by atoms with Gasteiger partial charge in [0.15, 0.2) is 0 Å². The lowest BCUT2D eigenvalue weighted by Crippen LogP contribution is -2.43. The maximum absolute atomic E-state index is 5.45. The molecule has 0 spiro atoms. The van der Waals surface area contributed by atoms with E-state index in [1.54, 1.807) is 0 Å². The molecular formula is C17H30N4O. The summed E-state index contributed by atoms with van der Waals surface area (Å²) in [6.45, 7) is 9.67. The second-order valence-electron chi connectivity index (χ2n) is 6.78. The zero-order valence-electron chi connectivity index (χ0n) is 14.1. The number of piperidine rings is 1. The molecule has 0 aromatic carbocycles. The molecule has 3 heterocycles. The summed E-state index contributed by atoms with van der Waals surface area (Å²) in [5, 5.41) is 4.49. The Morgan fingerprint density at radius 3 is 2.77 bits per heavy atom. The van der Waals surface area contributed by atoms with E-state index in [4.69, 9.17) is 4.74 Å². The van der Waals surface area contributed by atoms with Crippen LogP contribution in [0.15, 0.2) is 6.20 Å². The lowest BCUT2D eigenvalue weighted by molar-refractivity contribution is 0.0302. The first-order valence-electron chi connectivity index (χ1n) is 8.75. The lowest BCUT2D eigenvalue weighted by Gasteiger charge is -2.37. The Bertz CT molecular complexity index is 467. The van der Waals surface area contributed by atoms with E-state index in [9.17, 15) is 0 Å². The molecule has 2 saturated heterocycles. The summed E-state index contributed by atoms with van der Waals surface area (Å²) in [6.07, 6.45) is 7.55. The van der Waals surface area contributed by atoms with Crippen LogP contribution in [0.25, 0.3) is 0 Å². The number of nitrogens with zero attached hydrogens (tertiary/aromatic N) is 4.